The standard InChI is InChI=1S/C51H44BN3Si/c1-50-31-15-16-32-51(50,2)55(40-26-14-13-25-39(40)50)37-33-43-47-44(34-37)54(36-21-9-5-10-22-36)42-28-18-30-46-49(42)52(47)48-41(53(43)35-19-7-4-8-20-35)27-17-29-45(48)56(46,3)38-23-11-6-12-24-38/h4-14,17-30,33-34H,15-16,31-32H2,1-3H3. The Balaban J connectivity index is 1.23. The topological polar surface area (TPSA) is 9.72 Å². The number of para-hydroxylation sites is 3. The van der Waals surface area contributed by atoms with Gasteiger partial charge in [-0.25, -0.2) is 0 Å². The highest BCUT2D eigenvalue weighted by Crippen LogP contribution is 2.61. The first-order valence-electron chi connectivity index (χ1n) is 20.5. The van der Waals surface area contributed by atoms with Gasteiger partial charge in [0, 0.05) is 50.9 Å². The first kappa shape index (κ1) is 32.5. The van der Waals surface area contributed by atoms with Gasteiger partial charge in [-0.1, -0.05) is 146 Å². The van der Waals surface area contributed by atoms with E-state index in [0.717, 1.165) is 0 Å². The summed E-state index contributed by atoms with van der Waals surface area (Å²) in [6.45, 7) is 7.83. The minimum Gasteiger partial charge on any atom is -0.334 e. The van der Waals surface area contributed by atoms with Crippen LogP contribution in [-0.4, -0.2) is 20.3 Å². The van der Waals surface area contributed by atoms with Crippen molar-refractivity contribution in [3.8, 4) is 0 Å². The molecule has 0 radical (unpaired) electrons. The third kappa shape index (κ3) is 3.94. The molecular weight excluding hydrogens is 693 g/mol. The predicted octanol–water partition coefficient (Wildman–Crippen LogP) is 8.92. The second-order valence-corrected chi connectivity index (χ2v) is 21.2. The van der Waals surface area contributed by atoms with Gasteiger partial charge in [0.2, 0.25) is 0 Å². The zero-order valence-corrected chi connectivity index (χ0v) is 33.3. The molecule has 0 saturated heterocycles. The van der Waals surface area contributed by atoms with Crippen molar-refractivity contribution in [3.05, 3.63) is 169 Å². The number of anilines is 8. The maximum absolute atomic E-state index is 2.77. The van der Waals surface area contributed by atoms with Crippen LogP contribution in [0.4, 0.5) is 45.5 Å². The summed E-state index contributed by atoms with van der Waals surface area (Å²) in [6.07, 6.45) is 4.90. The number of benzene rings is 7. The van der Waals surface area contributed by atoms with Crippen LogP contribution in [0.3, 0.4) is 0 Å². The van der Waals surface area contributed by atoms with Gasteiger partial charge >= 0.3 is 0 Å². The van der Waals surface area contributed by atoms with Crippen LogP contribution in [-0.2, 0) is 5.41 Å². The lowest BCUT2D eigenvalue weighted by molar-refractivity contribution is 0.195. The average Bonchev–Trinajstić information content (AvgIpc) is 3.46. The number of hydrogen-bond acceptors (Lipinski definition) is 3. The van der Waals surface area contributed by atoms with Gasteiger partial charge in [0.05, 0.1) is 5.54 Å². The summed E-state index contributed by atoms with van der Waals surface area (Å²) in [5, 5.41) is 4.52. The highest BCUT2D eigenvalue weighted by atomic mass is 28.3. The average molecular weight is 738 g/mol. The molecule has 5 heteroatoms. The maximum Gasteiger partial charge on any atom is 0.251 e. The first-order valence-corrected chi connectivity index (χ1v) is 23.0. The van der Waals surface area contributed by atoms with Gasteiger partial charge in [-0.2, -0.15) is 0 Å². The van der Waals surface area contributed by atoms with Gasteiger partial charge < -0.3 is 14.7 Å². The van der Waals surface area contributed by atoms with E-state index in [4.69, 9.17) is 0 Å². The summed E-state index contributed by atoms with van der Waals surface area (Å²) in [5.41, 5.74) is 16.1. The fraction of sp³-hybridized carbons (Fsp3) is 0.176. The van der Waals surface area contributed by atoms with E-state index in [-0.39, 0.29) is 17.7 Å². The molecule has 2 unspecified atom stereocenters. The predicted molar refractivity (Wildman–Crippen MR) is 240 cm³/mol. The molecule has 56 heavy (non-hydrogen) atoms. The van der Waals surface area contributed by atoms with E-state index in [1.807, 2.05) is 0 Å². The van der Waals surface area contributed by atoms with Gasteiger partial charge in [0.15, 0.2) is 0 Å². The molecule has 270 valence electrons. The highest BCUT2D eigenvalue weighted by Gasteiger charge is 2.59. The quantitative estimate of drug-likeness (QED) is 0.167. The lowest BCUT2D eigenvalue weighted by atomic mass is 9.33. The Kier molecular flexibility index (Phi) is 6.61. The maximum atomic E-state index is 2.77. The Morgan fingerprint density at radius 1 is 0.482 bits per heavy atom. The Morgan fingerprint density at radius 3 is 1.57 bits per heavy atom. The third-order valence-corrected chi connectivity index (χ3v) is 19.4. The van der Waals surface area contributed by atoms with E-state index in [9.17, 15) is 0 Å². The van der Waals surface area contributed by atoms with Crippen molar-refractivity contribution in [1.82, 2.24) is 0 Å². The number of fused-ring (bicyclic) bond motifs is 3. The molecule has 7 aromatic carbocycles. The summed E-state index contributed by atoms with van der Waals surface area (Å²) in [6, 6.07) is 62.6. The minimum atomic E-state index is -2.47. The van der Waals surface area contributed by atoms with E-state index in [1.165, 1.54) is 109 Å². The van der Waals surface area contributed by atoms with Gasteiger partial charge in [-0.05, 0) is 102 Å². The van der Waals surface area contributed by atoms with Crippen LogP contribution in [0.1, 0.15) is 45.1 Å². The molecule has 5 aliphatic rings. The monoisotopic (exact) mass is 737 g/mol. The summed E-state index contributed by atoms with van der Waals surface area (Å²) in [5.74, 6) is 0. The second-order valence-electron chi connectivity index (χ2n) is 17.3. The molecule has 1 saturated carbocycles. The summed E-state index contributed by atoms with van der Waals surface area (Å²) >= 11 is 0. The van der Waals surface area contributed by atoms with E-state index in [0.29, 0.717) is 0 Å². The van der Waals surface area contributed by atoms with Crippen LogP contribution < -0.4 is 46.6 Å². The summed E-state index contributed by atoms with van der Waals surface area (Å²) in [4.78, 5) is 8.00. The van der Waals surface area contributed by atoms with Gasteiger partial charge in [0.25, 0.3) is 6.71 Å². The van der Waals surface area contributed by atoms with Crippen molar-refractivity contribution in [1.29, 1.82) is 0 Å². The lowest BCUT2D eigenvalue weighted by Gasteiger charge is -2.52. The van der Waals surface area contributed by atoms with Crippen LogP contribution >= 0.6 is 0 Å². The van der Waals surface area contributed by atoms with Crippen LogP contribution in [0.15, 0.2) is 164 Å². The zero-order valence-electron chi connectivity index (χ0n) is 32.3. The summed E-state index contributed by atoms with van der Waals surface area (Å²) in [7, 11) is -2.47. The normalized spacial score (nSPS) is 21.7. The molecule has 4 heterocycles. The number of hydrogen-bond donors (Lipinski definition) is 0. The second kappa shape index (κ2) is 11.4. The number of nitrogens with zero attached hydrogens (tertiary/aromatic N) is 3. The van der Waals surface area contributed by atoms with Crippen molar-refractivity contribution in [3.63, 3.8) is 0 Å². The molecule has 1 aliphatic carbocycles. The van der Waals surface area contributed by atoms with Crippen molar-refractivity contribution in [2.45, 2.75) is 57.0 Å². The minimum absolute atomic E-state index is 0.0571. The van der Waals surface area contributed by atoms with E-state index < -0.39 is 8.07 Å². The van der Waals surface area contributed by atoms with E-state index in [1.54, 1.807) is 0 Å². The molecule has 0 bridgehead atoms. The molecule has 12 rings (SSSR count). The molecule has 1 fully saturated rings. The molecule has 2 atom stereocenters. The molecule has 3 nitrogen and oxygen atoms in total. The molecular formula is C51H44BN3Si. The largest absolute Gasteiger partial charge is 0.334 e. The van der Waals surface area contributed by atoms with Gasteiger partial charge in [-0.15, -0.1) is 0 Å². The van der Waals surface area contributed by atoms with Gasteiger partial charge in [-0.3, -0.25) is 0 Å². The van der Waals surface area contributed by atoms with Gasteiger partial charge in [0.1, 0.15) is 8.07 Å². The Morgan fingerprint density at radius 2 is 0.982 bits per heavy atom. The smallest absolute Gasteiger partial charge is 0.251 e. The van der Waals surface area contributed by atoms with Crippen LogP contribution in [0, 0.1) is 0 Å². The first-order chi connectivity index (χ1) is 27.4. The molecule has 4 aliphatic heterocycles. The van der Waals surface area contributed by atoms with E-state index in [2.05, 4.69) is 199 Å². The Bertz CT molecular complexity index is 2610. The van der Waals surface area contributed by atoms with Crippen LogP contribution in [0.5, 0.6) is 0 Å². The fourth-order valence-corrected chi connectivity index (χ4v) is 16.4. The van der Waals surface area contributed by atoms with Crippen LogP contribution in [0.25, 0.3) is 0 Å². The van der Waals surface area contributed by atoms with E-state index >= 15 is 0 Å². The van der Waals surface area contributed by atoms with Crippen molar-refractivity contribution in [2.75, 3.05) is 14.7 Å². The van der Waals surface area contributed by atoms with Crippen molar-refractivity contribution >= 4 is 92.2 Å². The molecule has 0 aromatic heterocycles. The van der Waals surface area contributed by atoms with Crippen LogP contribution in [0.2, 0.25) is 6.55 Å². The van der Waals surface area contributed by atoms with Crippen molar-refractivity contribution < 1.29 is 0 Å². The third-order valence-electron chi connectivity index (χ3n) is 14.8. The lowest BCUT2D eigenvalue weighted by Crippen LogP contribution is -2.83. The Hall–Kier alpha value is -5.78. The van der Waals surface area contributed by atoms with Crippen molar-refractivity contribution in [2.24, 2.45) is 0 Å². The molecule has 0 N–H and O–H groups in total. The SMILES string of the molecule is CC12CCCCC1(C)N(c1cc3c4c(c1)N(c1ccccc1)c1cccc5c1B4c1c(cccc1[Si]5(C)c1ccccc1)N3c1ccccc1)c1ccccc12. The molecule has 0 amide bonds. The summed E-state index contributed by atoms with van der Waals surface area (Å²) < 4.78 is 0. The molecule has 0 spiro atoms. The Labute approximate surface area is 332 Å². The zero-order chi connectivity index (χ0) is 37.4. The molecule has 7 aromatic rings. The number of rotatable bonds is 4. The fourth-order valence-electron chi connectivity index (χ4n) is 12.1. The highest BCUT2D eigenvalue weighted by molar-refractivity contribution is 7.21.